The van der Waals surface area contributed by atoms with E-state index < -0.39 is 0 Å². The summed E-state index contributed by atoms with van der Waals surface area (Å²) in [7, 11) is 1.66. The number of amides is 1. The van der Waals surface area contributed by atoms with E-state index in [1.54, 1.807) is 7.11 Å². The minimum absolute atomic E-state index is 0.101. The van der Waals surface area contributed by atoms with Gasteiger partial charge in [0.1, 0.15) is 5.75 Å². The van der Waals surface area contributed by atoms with Gasteiger partial charge in [-0.3, -0.25) is 4.79 Å². The van der Waals surface area contributed by atoms with E-state index in [1.807, 2.05) is 12.1 Å². The van der Waals surface area contributed by atoms with E-state index in [2.05, 4.69) is 17.4 Å². The first kappa shape index (κ1) is 8.77. The van der Waals surface area contributed by atoms with E-state index in [0.717, 1.165) is 18.7 Å². The molecule has 1 saturated carbocycles. The molecule has 15 heavy (non-hydrogen) atoms. The molecule has 0 bridgehead atoms. The van der Waals surface area contributed by atoms with Gasteiger partial charge in [-0.25, -0.2) is 0 Å². The monoisotopic (exact) mass is 203 g/mol. The maximum absolute atomic E-state index is 11.4. The molecular weight excluding hydrogens is 190 g/mol. The Morgan fingerprint density at radius 2 is 2.13 bits per heavy atom. The van der Waals surface area contributed by atoms with Crippen molar-refractivity contribution in [1.82, 2.24) is 5.32 Å². The summed E-state index contributed by atoms with van der Waals surface area (Å²) in [4.78, 5) is 11.4. The number of carbonyl (C=O) groups is 1. The first-order valence-electron chi connectivity index (χ1n) is 5.18. The van der Waals surface area contributed by atoms with Gasteiger partial charge in [0.15, 0.2) is 0 Å². The molecule has 0 aromatic heterocycles. The van der Waals surface area contributed by atoms with E-state index in [-0.39, 0.29) is 17.2 Å². The van der Waals surface area contributed by atoms with Gasteiger partial charge in [0.2, 0.25) is 5.91 Å². The molecule has 2 fully saturated rings. The lowest BCUT2D eigenvalue weighted by molar-refractivity contribution is -0.120. The molecular formula is C12H13NO2. The van der Waals surface area contributed by atoms with Gasteiger partial charge in [0, 0.05) is 12.0 Å². The Balaban J connectivity index is 1.91. The van der Waals surface area contributed by atoms with Gasteiger partial charge in [0.25, 0.3) is 0 Å². The molecule has 1 saturated heterocycles. The number of ether oxygens (including phenoxy) is 1. The highest BCUT2D eigenvalue weighted by Crippen LogP contribution is 2.57. The minimum Gasteiger partial charge on any atom is -0.497 e. The van der Waals surface area contributed by atoms with E-state index in [9.17, 15) is 4.79 Å². The molecule has 1 aliphatic heterocycles. The lowest BCUT2D eigenvalue weighted by Gasteiger charge is -2.11. The smallest absolute Gasteiger partial charge is 0.224 e. The summed E-state index contributed by atoms with van der Waals surface area (Å²) in [5.74, 6) is 1.29. The van der Waals surface area contributed by atoms with Crippen LogP contribution in [0.1, 0.15) is 12.0 Å². The quantitative estimate of drug-likeness (QED) is 0.781. The largest absolute Gasteiger partial charge is 0.497 e. The van der Waals surface area contributed by atoms with Crippen molar-refractivity contribution in [2.45, 2.75) is 11.8 Å². The molecule has 78 valence electrons. The molecule has 2 atom stereocenters. The number of piperidine rings is 1. The average molecular weight is 203 g/mol. The molecule has 0 radical (unpaired) electrons. The molecule has 1 aromatic carbocycles. The van der Waals surface area contributed by atoms with Crippen LogP contribution in [0.3, 0.4) is 0 Å². The molecule has 1 aromatic rings. The number of hydrogen-bond acceptors (Lipinski definition) is 2. The lowest BCUT2D eigenvalue weighted by atomic mass is 9.95. The molecule has 1 heterocycles. The Labute approximate surface area is 88.4 Å². The standard InChI is InChI=1S/C12H13NO2/c1-15-9-4-2-8(3-5-9)12-6-10(12)11(14)13-7-12/h2-5,10H,6-7H2,1H3,(H,13,14). The van der Waals surface area contributed by atoms with Crippen molar-refractivity contribution in [2.24, 2.45) is 5.92 Å². The Morgan fingerprint density at radius 1 is 1.40 bits per heavy atom. The second-order valence-electron chi connectivity index (χ2n) is 4.36. The predicted molar refractivity (Wildman–Crippen MR) is 55.8 cm³/mol. The first-order valence-corrected chi connectivity index (χ1v) is 5.18. The summed E-state index contributed by atoms with van der Waals surface area (Å²) in [5.41, 5.74) is 1.36. The number of nitrogens with one attached hydrogen (secondary N) is 1. The average Bonchev–Trinajstić information content (AvgIpc) is 2.95. The van der Waals surface area contributed by atoms with Crippen LogP contribution in [0.2, 0.25) is 0 Å². The third-order valence-corrected chi connectivity index (χ3v) is 3.63. The van der Waals surface area contributed by atoms with Gasteiger partial charge in [0.05, 0.1) is 13.0 Å². The Kier molecular flexibility index (Phi) is 1.61. The van der Waals surface area contributed by atoms with Crippen molar-refractivity contribution in [3.63, 3.8) is 0 Å². The molecule has 1 N–H and O–H groups in total. The number of hydrogen-bond donors (Lipinski definition) is 1. The zero-order chi connectivity index (χ0) is 10.5. The SMILES string of the molecule is COc1ccc(C23CNC(=O)C2C3)cc1. The Morgan fingerprint density at radius 3 is 2.60 bits per heavy atom. The molecule has 0 spiro atoms. The zero-order valence-electron chi connectivity index (χ0n) is 8.62. The second kappa shape index (κ2) is 2.75. The highest BCUT2D eigenvalue weighted by Gasteiger charge is 2.63. The van der Waals surface area contributed by atoms with E-state index in [0.29, 0.717) is 0 Å². The second-order valence-corrected chi connectivity index (χ2v) is 4.36. The number of rotatable bonds is 2. The fourth-order valence-electron chi connectivity index (χ4n) is 2.56. The van der Waals surface area contributed by atoms with E-state index >= 15 is 0 Å². The van der Waals surface area contributed by atoms with Crippen LogP contribution in [0.4, 0.5) is 0 Å². The summed E-state index contributed by atoms with van der Waals surface area (Å²) < 4.78 is 5.12. The van der Waals surface area contributed by atoms with Crippen LogP contribution in [0.25, 0.3) is 0 Å². The van der Waals surface area contributed by atoms with Crippen molar-refractivity contribution in [3.8, 4) is 5.75 Å². The van der Waals surface area contributed by atoms with Gasteiger partial charge in [-0.1, -0.05) is 12.1 Å². The normalized spacial score (nSPS) is 32.1. The third-order valence-electron chi connectivity index (χ3n) is 3.63. The maximum Gasteiger partial charge on any atom is 0.224 e. The third kappa shape index (κ3) is 1.09. The maximum atomic E-state index is 11.4. The van der Waals surface area contributed by atoms with Gasteiger partial charge >= 0.3 is 0 Å². The van der Waals surface area contributed by atoms with Crippen molar-refractivity contribution in [1.29, 1.82) is 0 Å². The molecule has 3 nitrogen and oxygen atoms in total. The highest BCUT2D eigenvalue weighted by atomic mass is 16.5. The van der Waals surface area contributed by atoms with Crippen molar-refractivity contribution in [2.75, 3.05) is 13.7 Å². The van der Waals surface area contributed by atoms with Crippen molar-refractivity contribution in [3.05, 3.63) is 29.8 Å². The first-order chi connectivity index (χ1) is 7.26. The molecule has 2 aliphatic rings. The predicted octanol–water partition coefficient (Wildman–Crippen LogP) is 1.08. The van der Waals surface area contributed by atoms with Crippen LogP contribution in [-0.4, -0.2) is 19.6 Å². The number of benzene rings is 1. The van der Waals surface area contributed by atoms with Gasteiger partial charge < -0.3 is 10.1 Å². The minimum atomic E-state index is 0.101. The Bertz CT molecular complexity index is 412. The summed E-state index contributed by atoms with van der Waals surface area (Å²) >= 11 is 0. The van der Waals surface area contributed by atoms with Crippen LogP contribution < -0.4 is 10.1 Å². The summed E-state index contributed by atoms with van der Waals surface area (Å²) in [6.45, 7) is 0.794. The summed E-state index contributed by atoms with van der Waals surface area (Å²) in [6, 6.07) is 8.06. The zero-order valence-corrected chi connectivity index (χ0v) is 8.62. The molecule has 3 heteroatoms. The van der Waals surface area contributed by atoms with Crippen LogP contribution in [-0.2, 0) is 10.2 Å². The van der Waals surface area contributed by atoms with E-state index in [4.69, 9.17) is 4.74 Å². The van der Waals surface area contributed by atoms with Gasteiger partial charge in [-0.2, -0.15) is 0 Å². The number of fused-ring (bicyclic) bond motifs is 1. The fraction of sp³-hybridized carbons (Fsp3) is 0.417. The van der Waals surface area contributed by atoms with Crippen LogP contribution >= 0.6 is 0 Å². The van der Waals surface area contributed by atoms with Crippen LogP contribution in [0.5, 0.6) is 5.75 Å². The molecule has 3 rings (SSSR count). The molecule has 1 aliphatic carbocycles. The number of carbonyl (C=O) groups excluding carboxylic acids is 1. The molecule has 2 unspecified atom stereocenters. The number of methoxy groups -OCH3 is 1. The molecule has 1 amide bonds. The summed E-state index contributed by atoms with van der Waals surface area (Å²) in [5, 5.41) is 2.92. The van der Waals surface area contributed by atoms with Gasteiger partial charge in [-0.05, 0) is 24.1 Å². The van der Waals surface area contributed by atoms with Gasteiger partial charge in [-0.15, -0.1) is 0 Å². The van der Waals surface area contributed by atoms with Crippen molar-refractivity contribution < 1.29 is 9.53 Å². The van der Waals surface area contributed by atoms with Crippen LogP contribution in [0.15, 0.2) is 24.3 Å². The van der Waals surface area contributed by atoms with Crippen molar-refractivity contribution >= 4 is 5.91 Å². The Hall–Kier alpha value is -1.51. The van der Waals surface area contributed by atoms with E-state index in [1.165, 1.54) is 5.56 Å². The fourth-order valence-corrected chi connectivity index (χ4v) is 2.56. The highest BCUT2D eigenvalue weighted by molar-refractivity contribution is 5.88. The topological polar surface area (TPSA) is 38.3 Å². The lowest BCUT2D eigenvalue weighted by Crippen LogP contribution is -2.22. The summed E-state index contributed by atoms with van der Waals surface area (Å²) in [6.07, 6.45) is 1.01. The van der Waals surface area contributed by atoms with Crippen LogP contribution in [0, 0.1) is 5.92 Å².